The van der Waals surface area contributed by atoms with Gasteiger partial charge in [-0.3, -0.25) is 0 Å². The first-order valence-electron chi connectivity index (χ1n) is 13.8. The van der Waals surface area contributed by atoms with E-state index in [9.17, 15) is 0 Å². The maximum atomic E-state index is 8.22. The third kappa shape index (κ3) is 42.4. The Kier molecular flexibility index (Phi) is 35.8. The van der Waals surface area contributed by atoms with Crippen LogP contribution in [0.15, 0.2) is 0 Å². The van der Waals surface area contributed by atoms with Crippen LogP contribution in [0.4, 0.5) is 0 Å². The smallest absolute Gasteiger partial charge is 0.326 e. The van der Waals surface area contributed by atoms with Gasteiger partial charge in [0.1, 0.15) is 0 Å². The molecule has 0 aliphatic rings. The molecule has 2 radical (unpaired) electrons. The number of hydrogen-bond donors (Lipinski definition) is 2. The van der Waals surface area contributed by atoms with Gasteiger partial charge in [0, 0.05) is 0 Å². The minimum absolute atomic E-state index is 0.839. The van der Waals surface area contributed by atoms with E-state index in [1.54, 1.807) is 26.6 Å². The number of unbranched alkanes of at least 4 members (excludes halogenated alkanes) is 6. The van der Waals surface area contributed by atoms with Crippen LogP contribution in [-0.4, -0.2) is 57.7 Å². The summed E-state index contributed by atoms with van der Waals surface area (Å²) >= 11 is -1.68. The van der Waals surface area contributed by atoms with Gasteiger partial charge in [0.15, 0.2) is 0 Å². The van der Waals surface area contributed by atoms with Crippen molar-refractivity contribution in [3.8, 4) is 0 Å². The number of hydrogen-bond acceptors (Lipinski definition) is 2. The average Bonchev–Trinajstić information content (AvgIpc) is 2.72. The van der Waals surface area contributed by atoms with Gasteiger partial charge in [-0.25, -0.2) is 0 Å². The first-order valence-corrected chi connectivity index (χ1v) is 28.8. The molecule has 0 amide bonds. The first-order chi connectivity index (χ1) is 14.7. The minimum atomic E-state index is -2.61. The molecule has 190 valence electrons. The van der Waals surface area contributed by atoms with Crippen LogP contribution >= 0.6 is 0 Å². The van der Waals surface area contributed by atoms with Crippen molar-refractivity contribution >= 4 is 48.1 Å². The van der Waals surface area contributed by atoms with E-state index >= 15 is 0 Å². The minimum Gasteiger partial charge on any atom is -0.411 e. The van der Waals surface area contributed by atoms with E-state index in [4.69, 9.17) is 9.59 Å². The predicted octanol–water partition coefficient (Wildman–Crippen LogP) is 9.44. The van der Waals surface area contributed by atoms with E-state index in [2.05, 4.69) is 41.5 Å². The van der Waals surface area contributed by atoms with E-state index in [-0.39, 0.29) is 0 Å². The molecule has 0 bridgehead atoms. The maximum absolute atomic E-state index is 8.22. The van der Waals surface area contributed by atoms with E-state index < -0.39 is 48.1 Å². The summed E-state index contributed by atoms with van der Waals surface area (Å²) in [6.45, 7) is 16.9. The van der Waals surface area contributed by atoms with Crippen LogP contribution in [0.5, 0.6) is 0 Å². The Morgan fingerprint density at radius 3 is 0.645 bits per heavy atom. The van der Waals surface area contributed by atoms with Crippen molar-refractivity contribution in [3.05, 3.63) is 0 Å². The molecular weight excluding hydrogens is 610 g/mol. The van der Waals surface area contributed by atoms with Crippen LogP contribution in [0.1, 0.15) is 119 Å². The van der Waals surface area contributed by atoms with E-state index in [1.807, 2.05) is 0 Å². The molecule has 0 atom stereocenters. The summed E-state index contributed by atoms with van der Waals surface area (Å²) in [6, 6.07) is 0. The van der Waals surface area contributed by atoms with Crippen molar-refractivity contribution in [3.63, 3.8) is 0 Å². The Morgan fingerprint density at radius 2 is 0.548 bits per heavy atom. The van der Waals surface area contributed by atoms with Crippen molar-refractivity contribution in [2.75, 3.05) is 0 Å². The zero-order valence-electron chi connectivity index (χ0n) is 23.1. The molecular formula is C26H62O2SiSn2. The molecule has 0 saturated carbocycles. The molecule has 0 aliphatic carbocycles. The molecule has 0 fully saturated rings. The molecule has 0 saturated heterocycles. The van der Waals surface area contributed by atoms with Gasteiger partial charge < -0.3 is 9.59 Å². The van der Waals surface area contributed by atoms with Crippen LogP contribution in [0.25, 0.3) is 0 Å². The molecule has 0 aromatic rings. The molecule has 0 aromatic carbocycles. The Balaban J connectivity index is -0.000000416. The van der Waals surface area contributed by atoms with Gasteiger partial charge in [-0.15, -0.1) is 0 Å². The van der Waals surface area contributed by atoms with Crippen LogP contribution < -0.4 is 0 Å². The van der Waals surface area contributed by atoms with Gasteiger partial charge >= 0.3 is 193 Å². The second kappa shape index (κ2) is 29.8. The summed E-state index contributed by atoms with van der Waals surface area (Å²) in [4.78, 5) is 16.4. The van der Waals surface area contributed by atoms with Crippen LogP contribution in [0.3, 0.4) is 0 Å². The Bertz CT molecular complexity index is 244. The third-order valence-electron chi connectivity index (χ3n) is 5.30. The van der Waals surface area contributed by atoms with Crippen molar-refractivity contribution in [2.45, 2.75) is 158 Å². The summed E-state index contributed by atoms with van der Waals surface area (Å²) in [5.74, 6) is 0. The monoisotopic (exact) mass is 674 g/mol. The zero-order valence-corrected chi connectivity index (χ0v) is 29.8. The second-order valence-corrected chi connectivity index (χ2v) is 29.7. The largest absolute Gasteiger partial charge is 0.411 e. The normalized spacial score (nSPS) is 11.2. The fourth-order valence-electron chi connectivity index (χ4n) is 3.31. The average molecular weight is 672 g/mol. The van der Waals surface area contributed by atoms with E-state index in [0.29, 0.717) is 0 Å². The molecule has 0 rings (SSSR count). The second-order valence-electron chi connectivity index (χ2n) is 9.62. The predicted molar refractivity (Wildman–Crippen MR) is 152 cm³/mol. The molecule has 0 heterocycles. The molecule has 2 N–H and O–H groups in total. The van der Waals surface area contributed by atoms with Gasteiger partial charge in [0.25, 0.3) is 0 Å². The fourth-order valence-corrected chi connectivity index (χ4v) is 22.2. The van der Waals surface area contributed by atoms with E-state index in [1.165, 1.54) is 90.1 Å². The van der Waals surface area contributed by atoms with Crippen molar-refractivity contribution in [2.24, 2.45) is 0 Å². The number of rotatable bonds is 18. The SMILES string of the molecule is CCC[CH2][Sn]([CH2]CCC)[CH2]CCC.CCC[CH2][Sn]([CH2]CCC)[CH2]CCC.C[Si](C)(O)O. The summed E-state index contributed by atoms with van der Waals surface area (Å²) in [5.41, 5.74) is 0. The van der Waals surface area contributed by atoms with Gasteiger partial charge in [-0.2, -0.15) is 0 Å². The summed E-state index contributed by atoms with van der Waals surface area (Å²) in [6.07, 6.45) is 17.7. The summed E-state index contributed by atoms with van der Waals surface area (Å²) < 4.78 is 10.1. The van der Waals surface area contributed by atoms with Crippen molar-refractivity contribution < 1.29 is 9.59 Å². The Morgan fingerprint density at radius 1 is 0.419 bits per heavy atom. The van der Waals surface area contributed by atoms with Crippen LogP contribution in [0, 0.1) is 0 Å². The molecule has 0 unspecified atom stereocenters. The Labute approximate surface area is 214 Å². The summed E-state index contributed by atoms with van der Waals surface area (Å²) in [7, 11) is -2.61. The van der Waals surface area contributed by atoms with Gasteiger partial charge in [-0.05, 0) is 13.1 Å². The van der Waals surface area contributed by atoms with Crippen LogP contribution in [0.2, 0.25) is 39.7 Å². The molecule has 0 aliphatic heterocycles. The van der Waals surface area contributed by atoms with Crippen molar-refractivity contribution in [1.29, 1.82) is 0 Å². The van der Waals surface area contributed by atoms with E-state index in [0.717, 1.165) is 0 Å². The topological polar surface area (TPSA) is 40.5 Å². The zero-order chi connectivity index (χ0) is 24.4. The maximum Gasteiger partial charge on any atom is 0.326 e. The molecule has 0 spiro atoms. The van der Waals surface area contributed by atoms with Crippen LogP contribution in [-0.2, 0) is 0 Å². The molecule has 0 aromatic heterocycles. The molecule has 31 heavy (non-hydrogen) atoms. The fraction of sp³-hybridized carbons (Fsp3) is 1.00. The van der Waals surface area contributed by atoms with Gasteiger partial charge in [0.05, 0.1) is 0 Å². The van der Waals surface area contributed by atoms with Gasteiger partial charge in [-0.1, -0.05) is 0 Å². The van der Waals surface area contributed by atoms with Crippen molar-refractivity contribution in [1.82, 2.24) is 0 Å². The quantitative estimate of drug-likeness (QED) is 0.143. The van der Waals surface area contributed by atoms with Gasteiger partial charge in [0.2, 0.25) is 0 Å². The standard InChI is InChI=1S/6C4H9.C2H8O2Si.2Sn/c6*1-3-4-2;1-5(2,3)4;;/h6*1,3-4H2,2H3;3-4H,1-2H3;;. The molecule has 5 heteroatoms. The summed E-state index contributed by atoms with van der Waals surface area (Å²) in [5, 5.41) is 0. The molecule has 2 nitrogen and oxygen atoms in total. The first kappa shape index (κ1) is 37.3. The Hall–Kier alpha value is 1.73. The third-order valence-corrected chi connectivity index (χ3v) is 23.5.